The van der Waals surface area contributed by atoms with Crippen molar-refractivity contribution in [3.63, 3.8) is 0 Å². The summed E-state index contributed by atoms with van der Waals surface area (Å²) in [6.07, 6.45) is -1.26. The number of anilines is 1. The maximum Gasteiger partial charge on any atom is 0.416 e. The van der Waals surface area contributed by atoms with Gasteiger partial charge in [0, 0.05) is 6.20 Å². The van der Waals surface area contributed by atoms with Crippen molar-refractivity contribution in [2.24, 2.45) is 0 Å². The van der Waals surface area contributed by atoms with Gasteiger partial charge >= 0.3 is 6.18 Å². The van der Waals surface area contributed by atoms with Gasteiger partial charge in [0.25, 0.3) is 5.91 Å². The maximum atomic E-state index is 13.1. The Hall–Kier alpha value is -2.89. The average molecular weight is 581 g/mol. The van der Waals surface area contributed by atoms with Crippen LogP contribution in [0.2, 0.25) is 0 Å². The van der Waals surface area contributed by atoms with Crippen molar-refractivity contribution in [2.75, 3.05) is 12.0 Å². The average Bonchev–Trinajstić information content (AvgIpc) is 3.10. The molecule has 1 fully saturated rings. The number of alkyl halides is 3. The van der Waals surface area contributed by atoms with Crippen LogP contribution in [-0.2, 0) is 17.6 Å². The van der Waals surface area contributed by atoms with Gasteiger partial charge in [-0.15, -0.1) is 0 Å². The molecule has 0 radical (unpaired) electrons. The Morgan fingerprint density at radius 3 is 2.66 bits per heavy atom. The van der Waals surface area contributed by atoms with Gasteiger partial charge in [-0.2, -0.15) is 13.2 Å². The van der Waals surface area contributed by atoms with Gasteiger partial charge in [0.1, 0.15) is 6.61 Å². The third-order valence-corrected chi connectivity index (χ3v) is 6.76. The number of amides is 1. The van der Waals surface area contributed by atoms with Crippen LogP contribution in [0.3, 0.4) is 0 Å². The van der Waals surface area contributed by atoms with E-state index < -0.39 is 17.6 Å². The Morgan fingerprint density at radius 1 is 1.17 bits per heavy atom. The number of benzene rings is 2. The lowest BCUT2D eigenvalue weighted by atomic mass is 10.1. The molecule has 11 heteroatoms. The number of methoxy groups -OCH3 is 1. The van der Waals surface area contributed by atoms with Crippen molar-refractivity contribution >= 4 is 61.9 Å². The molecule has 0 bridgehead atoms. The Balaban J connectivity index is 1.59. The summed E-state index contributed by atoms with van der Waals surface area (Å²) >= 11 is 9.77. The number of aromatic nitrogens is 1. The van der Waals surface area contributed by atoms with E-state index in [9.17, 15) is 18.0 Å². The minimum Gasteiger partial charge on any atom is -0.493 e. The molecule has 2 heterocycles. The van der Waals surface area contributed by atoms with Crippen LogP contribution in [-0.4, -0.2) is 22.3 Å². The Kier molecular flexibility index (Phi) is 7.48. The van der Waals surface area contributed by atoms with Crippen molar-refractivity contribution < 1.29 is 27.4 Å². The van der Waals surface area contributed by atoms with Gasteiger partial charge in [0.05, 0.1) is 33.4 Å². The first-order valence-electron chi connectivity index (χ1n) is 10.0. The molecular weight excluding hydrogens is 565 g/mol. The standard InChI is InChI=1S/C24H16BrF3N2O3S2/c1-32-19-10-14(9-18(25)21(19)33-13-16-6-2-3-8-29-16)11-20-22(31)30(23(34)35-20)17-7-4-5-15(12-17)24(26,27)28/h2-12H,13H2,1H3/b20-11-. The summed E-state index contributed by atoms with van der Waals surface area (Å²) in [6, 6.07) is 13.4. The zero-order valence-corrected chi connectivity index (χ0v) is 21.2. The fourth-order valence-electron chi connectivity index (χ4n) is 3.26. The molecule has 1 aliphatic rings. The molecule has 0 unspecified atom stereocenters. The molecule has 0 atom stereocenters. The van der Waals surface area contributed by atoms with E-state index in [0.717, 1.165) is 34.5 Å². The molecule has 1 aromatic heterocycles. The van der Waals surface area contributed by atoms with E-state index >= 15 is 0 Å². The number of carbonyl (C=O) groups is 1. The van der Waals surface area contributed by atoms with E-state index in [0.29, 0.717) is 21.5 Å². The highest BCUT2D eigenvalue weighted by molar-refractivity contribution is 9.10. The summed E-state index contributed by atoms with van der Waals surface area (Å²) in [5.74, 6) is 0.381. The van der Waals surface area contributed by atoms with Gasteiger partial charge in [-0.3, -0.25) is 14.7 Å². The van der Waals surface area contributed by atoms with Crippen LogP contribution >= 0.6 is 39.9 Å². The fourth-order valence-corrected chi connectivity index (χ4v) is 5.13. The van der Waals surface area contributed by atoms with Crippen LogP contribution in [0.1, 0.15) is 16.8 Å². The number of nitrogens with zero attached hydrogens (tertiary/aromatic N) is 2. The molecule has 5 nitrogen and oxygen atoms in total. The molecule has 1 saturated heterocycles. The topological polar surface area (TPSA) is 51.7 Å². The summed E-state index contributed by atoms with van der Waals surface area (Å²) in [5.41, 5.74) is 0.554. The first kappa shape index (κ1) is 25.2. The Morgan fingerprint density at radius 2 is 1.97 bits per heavy atom. The predicted octanol–water partition coefficient (Wildman–Crippen LogP) is 6.86. The number of thioether (sulfide) groups is 1. The molecule has 35 heavy (non-hydrogen) atoms. The number of carbonyl (C=O) groups excluding carboxylic acids is 1. The molecule has 0 spiro atoms. The lowest BCUT2D eigenvalue weighted by Gasteiger charge is -2.16. The Labute approximate surface area is 217 Å². The van der Waals surface area contributed by atoms with Crippen LogP contribution in [0.25, 0.3) is 6.08 Å². The first-order valence-corrected chi connectivity index (χ1v) is 12.0. The molecule has 4 rings (SSSR count). The van der Waals surface area contributed by atoms with Crippen molar-refractivity contribution in [3.8, 4) is 11.5 Å². The second-order valence-corrected chi connectivity index (χ2v) is 9.74. The minimum absolute atomic E-state index is 0.0581. The molecule has 3 aromatic rings. The molecule has 1 amide bonds. The predicted molar refractivity (Wildman–Crippen MR) is 136 cm³/mol. The number of thiocarbonyl (C=S) groups is 1. The van der Waals surface area contributed by atoms with Gasteiger partial charge in [-0.05, 0) is 70.0 Å². The Bertz CT molecular complexity index is 1320. The van der Waals surface area contributed by atoms with Crippen molar-refractivity contribution in [2.45, 2.75) is 12.8 Å². The van der Waals surface area contributed by atoms with E-state index in [1.807, 2.05) is 18.2 Å². The molecule has 1 aliphatic heterocycles. The fraction of sp³-hybridized carbons (Fsp3) is 0.125. The van der Waals surface area contributed by atoms with Crippen LogP contribution in [0.15, 0.2) is 70.2 Å². The molecule has 0 saturated carbocycles. The van der Waals surface area contributed by atoms with E-state index in [1.54, 1.807) is 24.4 Å². The van der Waals surface area contributed by atoms with Crippen LogP contribution < -0.4 is 14.4 Å². The monoisotopic (exact) mass is 580 g/mol. The van der Waals surface area contributed by atoms with Gasteiger partial charge in [0.2, 0.25) is 0 Å². The van der Waals surface area contributed by atoms with E-state index in [4.69, 9.17) is 21.7 Å². The van der Waals surface area contributed by atoms with Crippen molar-refractivity contribution in [1.82, 2.24) is 4.98 Å². The third-order valence-electron chi connectivity index (χ3n) is 4.87. The van der Waals surface area contributed by atoms with Crippen molar-refractivity contribution in [1.29, 1.82) is 0 Å². The third kappa shape index (κ3) is 5.68. The van der Waals surface area contributed by atoms with E-state index in [2.05, 4.69) is 20.9 Å². The van der Waals surface area contributed by atoms with Crippen molar-refractivity contribution in [3.05, 3.63) is 87.0 Å². The van der Waals surface area contributed by atoms with Gasteiger partial charge in [0.15, 0.2) is 15.8 Å². The molecule has 180 valence electrons. The summed E-state index contributed by atoms with van der Waals surface area (Å²) in [5, 5.41) is 0. The minimum atomic E-state index is -4.53. The van der Waals surface area contributed by atoms with Gasteiger partial charge < -0.3 is 9.47 Å². The summed E-state index contributed by atoms with van der Waals surface area (Å²) in [7, 11) is 1.49. The normalized spacial score (nSPS) is 15.1. The highest BCUT2D eigenvalue weighted by Gasteiger charge is 2.36. The second kappa shape index (κ2) is 10.4. The van der Waals surface area contributed by atoms with E-state index in [1.165, 1.54) is 19.2 Å². The van der Waals surface area contributed by atoms with Crippen LogP contribution in [0.5, 0.6) is 11.5 Å². The largest absolute Gasteiger partial charge is 0.493 e. The SMILES string of the molecule is COc1cc(/C=C2\SC(=S)N(c3cccc(C(F)(F)F)c3)C2=O)cc(Br)c1OCc1ccccn1. The smallest absolute Gasteiger partial charge is 0.416 e. The lowest BCUT2D eigenvalue weighted by molar-refractivity contribution is -0.137. The quantitative estimate of drug-likeness (QED) is 0.234. The number of pyridine rings is 1. The number of hydrogen-bond acceptors (Lipinski definition) is 6. The zero-order valence-electron chi connectivity index (χ0n) is 18.0. The second-order valence-electron chi connectivity index (χ2n) is 7.21. The lowest BCUT2D eigenvalue weighted by Crippen LogP contribution is -2.27. The van der Waals surface area contributed by atoms with E-state index in [-0.39, 0.29) is 21.5 Å². The number of hydrogen-bond donors (Lipinski definition) is 0. The first-order chi connectivity index (χ1) is 16.7. The summed E-state index contributed by atoms with van der Waals surface area (Å²) < 4.78 is 51.4. The molecule has 0 N–H and O–H groups in total. The number of ether oxygens (including phenoxy) is 2. The molecule has 2 aromatic carbocycles. The molecule has 0 aliphatic carbocycles. The summed E-state index contributed by atoms with van der Waals surface area (Å²) in [6.45, 7) is 0.227. The number of halogens is 4. The molecular formula is C24H16BrF3N2O3S2. The van der Waals surface area contributed by atoms with Crippen LogP contribution in [0, 0.1) is 0 Å². The highest BCUT2D eigenvalue weighted by atomic mass is 79.9. The van der Waals surface area contributed by atoms with Gasteiger partial charge in [-0.1, -0.05) is 36.1 Å². The number of rotatable bonds is 6. The van der Waals surface area contributed by atoms with Crippen LogP contribution in [0.4, 0.5) is 18.9 Å². The summed E-state index contributed by atoms with van der Waals surface area (Å²) in [4.78, 5) is 18.6. The zero-order chi connectivity index (χ0) is 25.2. The van der Waals surface area contributed by atoms with Gasteiger partial charge in [-0.25, -0.2) is 0 Å². The highest BCUT2D eigenvalue weighted by Crippen LogP contribution is 2.41. The maximum absolute atomic E-state index is 13.1.